The van der Waals surface area contributed by atoms with Crippen LogP contribution in [0.3, 0.4) is 0 Å². The first-order chi connectivity index (χ1) is 17.9. The van der Waals surface area contributed by atoms with E-state index in [1.54, 1.807) is 36.5 Å². The molecule has 0 unspecified atom stereocenters. The Morgan fingerprint density at radius 3 is 2.62 bits per heavy atom. The third-order valence-corrected chi connectivity index (χ3v) is 7.78. The fourth-order valence-corrected chi connectivity index (χ4v) is 5.75. The van der Waals surface area contributed by atoms with E-state index in [0.717, 1.165) is 27.9 Å². The summed E-state index contributed by atoms with van der Waals surface area (Å²) in [5.41, 5.74) is 4.41. The SMILES string of the molecule is O=S(=O)(Nc1ccc2cc1CCc1cccc(c1)Nc1ncc(Cl)c(n1)N2)c1cccc2cccnc12. The number of fused-ring (bicyclic) bond motifs is 7. The molecule has 0 aliphatic carbocycles. The van der Waals surface area contributed by atoms with E-state index in [-0.39, 0.29) is 4.90 Å². The van der Waals surface area contributed by atoms with Gasteiger partial charge in [0.1, 0.15) is 9.92 Å². The Hall–Kier alpha value is -4.21. The molecule has 0 fully saturated rings. The molecule has 3 aromatic carbocycles. The number of halogens is 1. The smallest absolute Gasteiger partial charge is 0.264 e. The zero-order valence-electron chi connectivity index (χ0n) is 19.4. The van der Waals surface area contributed by atoms with Crippen LogP contribution in [0.1, 0.15) is 11.1 Å². The summed E-state index contributed by atoms with van der Waals surface area (Å²) in [6, 6.07) is 22.1. The third kappa shape index (κ3) is 4.78. The highest BCUT2D eigenvalue weighted by molar-refractivity contribution is 7.93. The normalized spacial score (nSPS) is 12.9. The fourth-order valence-electron chi connectivity index (χ4n) is 4.34. The molecule has 37 heavy (non-hydrogen) atoms. The predicted molar refractivity (Wildman–Crippen MR) is 146 cm³/mol. The Bertz CT molecular complexity index is 1750. The summed E-state index contributed by atoms with van der Waals surface area (Å²) in [4.78, 5) is 13.2. The maximum atomic E-state index is 13.5. The third-order valence-electron chi connectivity index (χ3n) is 6.11. The van der Waals surface area contributed by atoms with Crippen LogP contribution >= 0.6 is 11.6 Å². The molecule has 6 bridgehead atoms. The molecule has 5 aromatic rings. The van der Waals surface area contributed by atoms with Gasteiger partial charge < -0.3 is 10.6 Å². The van der Waals surface area contributed by atoms with Crippen molar-refractivity contribution >= 4 is 61.4 Å². The maximum Gasteiger partial charge on any atom is 0.264 e. The second-order valence-corrected chi connectivity index (χ2v) is 10.7. The van der Waals surface area contributed by atoms with Crippen molar-refractivity contribution in [2.45, 2.75) is 17.7 Å². The molecule has 6 rings (SSSR count). The summed E-state index contributed by atoms with van der Waals surface area (Å²) < 4.78 is 29.8. The molecule has 10 heteroatoms. The van der Waals surface area contributed by atoms with Crippen molar-refractivity contribution in [1.82, 2.24) is 15.0 Å². The summed E-state index contributed by atoms with van der Waals surface area (Å²) in [7, 11) is -3.91. The first-order valence-corrected chi connectivity index (χ1v) is 13.5. The number of rotatable bonds is 3. The maximum absolute atomic E-state index is 13.5. The van der Waals surface area contributed by atoms with E-state index in [1.807, 2.05) is 42.5 Å². The van der Waals surface area contributed by atoms with Crippen molar-refractivity contribution in [2.24, 2.45) is 0 Å². The van der Waals surface area contributed by atoms with Crippen LogP contribution in [0.4, 0.5) is 28.8 Å². The molecule has 0 atom stereocenters. The Morgan fingerprint density at radius 2 is 1.70 bits per heavy atom. The summed E-state index contributed by atoms with van der Waals surface area (Å²) in [5.74, 6) is 0.854. The molecule has 8 nitrogen and oxygen atoms in total. The quantitative estimate of drug-likeness (QED) is 0.261. The second-order valence-electron chi connectivity index (χ2n) is 8.65. The number of aromatic nitrogens is 3. The van der Waals surface area contributed by atoms with Crippen LogP contribution in [-0.2, 0) is 22.9 Å². The predicted octanol–water partition coefficient (Wildman–Crippen LogP) is 6.06. The minimum atomic E-state index is -3.91. The Labute approximate surface area is 218 Å². The number of nitrogens with one attached hydrogen (secondary N) is 3. The molecule has 184 valence electrons. The Balaban J connectivity index is 1.42. The zero-order valence-corrected chi connectivity index (χ0v) is 21.0. The van der Waals surface area contributed by atoms with Gasteiger partial charge in [-0.3, -0.25) is 9.71 Å². The Morgan fingerprint density at radius 1 is 0.865 bits per heavy atom. The largest absolute Gasteiger partial charge is 0.339 e. The molecule has 0 saturated carbocycles. The van der Waals surface area contributed by atoms with Gasteiger partial charge in [0.05, 0.1) is 17.4 Å². The lowest BCUT2D eigenvalue weighted by molar-refractivity contribution is 0.602. The molecule has 1 aliphatic heterocycles. The number of pyridine rings is 1. The van der Waals surface area contributed by atoms with Crippen LogP contribution in [0, 0.1) is 0 Å². The lowest BCUT2D eigenvalue weighted by Gasteiger charge is -2.16. The fraction of sp³-hybridized carbons (Fsp3) is 0.0741. The average molecular weight is 529 g/mol. The number of hydrogen-bond acceptors (Lipinski definition) is 7. The topological polar surface area (TPSA) is 109 Å². The highest BCUT2D eigenvalue weighted by Gasteiger charge is 2.20. The minimum absolute atomic E-state index is 0.128. The van der Waals surface area contributed by atoms with E-state index in [2.05, 4.69) is 30.3 Å². The van der Waals surface area contributed by atoms with Crippen molar-refractivity contribution in [3.8, 4) is 0 Å². The lowest BCUT2D eigenvalue weighted by Crippen LogP contribution is -2.15. The first-order valence-electron chi connectivity index (χ1n) is 11.6. The van der Waals surface area contributed by atoms with Gasteiger partial charge in [0, 0.05) is 23.0 Å². The van der Waals surface area contributed by atoms with E-state index in [1.165, 1.54) is 6.20 Å². The van der Waals surface area contributed by atoms with E-state index in [0.29, 0.717) is 40.8 Å². The van der Waals surface area contributed by atoms with Crippen LogP contribution in [-0.4, -0.2) is 23.4 Å². The number of anilines is 5. The number of sulfonamides is 1. The number of nitrogens with zero attached hydrogens (tertiary/aromatic N) is 3. The van der Waals surface area contributed by atoms with Crippen LogP contribution in [0.15, 0.2) is 90.1 Å². The molecule has 3 heterocycles. The number of aryl methyl sites for hydroxylation is 2. The minimum Gasteiger partial charge on any atom is -0.339 e. The number of benzene rings is 3. The van der Waals surface area contributed by atoms with Crippen LogP contribution in [0.2, 0.25) is 5.02 Å². The van der Waals surface area contributed by atoms with E-state index < -0.39 is 10.0 Å². The van der Waals surface area contributed by atoms with Gasteiger partial charge >= 0.3 is 0 Å². The van der Waals surface area contributed by atoms with Gasteiger partial charge in [-0.15, -0.1) is 0 Å². The molecule has 0 saturated heterocycles. The van der Waals surface area contributed by atoms with Gasteiger partial charge in [0.15, 0.2) is 5.82 Å². The van der Waals surface area contributed by atoms with Gasteiger partial charge in [-0.25, -0.2) is 13.4 Å². The van der Waals surface area contributed by atoms with Crippen molar-refractivity contribution < 1.29 is 8.42 Å². The Kier molecular flexibility index (Phi) is 5.86. The summed E-state index contributed by atoms with van der Waals surface area (Å²) in [6.07, 6.45) is 4.42. The molecule has 1 aliphatic rings. The van der Waals surface area contributed by atoms with Gasteiger partial charge in [-0.2, -0.15) is 4.98 Å². The van der Waals surface area contributed by atoms with E-state index in [9.17, 15) is 8.42 Å². The van der Waals surface area contributed by atoms with Crippen molar-refractivity contribution in [2.75, 3.05) is 15.4 Å². The van der Waals surface area contributed by atoms with Crippen molar-refractivity contribution in [3.63, 3.8) is 0 Å². The van der Waals surface area contributed by atoms with Gasteiger partial charge in [-0.05, 0) is 66.4 Å². The molecule has 0 amide bonds. The van der Waals surface area contributed by atoms with Gasteiger partial charge in [-0.1, -0.05) is 41.9 Å². The standard InChI is InChI=1S/C27H21ClN6O2S/c28-22-16-30-27-32-20-7-1-4-17(14-20)9-10-19-15-21(31-26(22)33-27)11-12-23(19)34-37(35,36)24-8-2-5-18-6-3-13-29-25(18)24/h1-8,11-16,34H,9-10H2,(H2,30,31,32,33). The van der Waals surface area contributed by atoms with Gasteiger partial charge in [0.2, 0.25) is 5.95 Å². The molecule has 0 radical (unpaired) electrons. The zero-order chi connectivity index (χ0) is 25.4. The number of hydrogen-bond donors (Lipinski definition) is 3. The van der Waals surface area contributed by atoms with E-state index in [4.69, 9.17) is 11.6 Å². The number of para-hydroxylation sites is 1. The van der Waals surface area contributed by atoms with E-state index >= 15 is 0 Å². The van der Waals surface area contributed by atoms with Crippen LogP contribution in [0.5, 0.6) is 0 Å². The molecule has 2 aromatic heterocycles. The second kappa shape index (κ2) is 9.34. The molecular weight excluding hydrogens is 508 g/mol. The van der Waals surface area contributed by atoms with Crippen molar-refractivity contribution in [3.05, 3.63) is 101 Å². The van der Waals surface area contributed by atoms with Crippen LogP contribution < -0.4 is 15.4 Å². The first kappa shape index (κ1) is 23.2. The molecule has 0 spiro atoms. The average Bonchev–Trinajstić information content (AvgIpc) is 2.90. The van der Waals surface area contributed by atoms with Crippen LogP contribution in [0.25, 0.3) is 10.9 Å². The van der Waals surface area contributed by atoms with Gasteiger partial charge in [0.25, 0.3) is 10.0 Å². The lowest BCUT2D eigenvalue weighted by atomic mass is 10.0. The highest BCUT2D eigenvalue weighted by Crippen LogP contribution is 2.31. The van der Waals surface area contributed by atoms with Crippen molar-refractivity contribution in [1.29, 1.82) is 0 Å². The molecule has 3 N–H and O–H groups in total. The summed E-state index contributed by atoms with van der Waals surface area (Å²) >= 11 is 6.35. The monoisotopic (exact) mass is 528 g/mol. The summed E-state index contributed by atoms with van der Waals surface area (Å²) in [6.45, 7) is 0. The summed E-state index contributed by atoms with van der Waals surface area (Å²) in [5, 5.41) is 7.57. The highest BCUT2D eigenvalue weighted by atomic mass is 35.5. The molecular formula is C27H21ClN6O2S.